The first-order chi connectivity index (χ1) is 32.0. The number of nitrogens with one attached hydrogen (secondary N) is 3. The predicted molar refractivity (Wildman–Crippen MR) is 246 cm³/mol. The lowest BCUT2D eigenvalue weighted by Crippen LogP contribution is -2.45. The highest BCUT2D eigenvalue weighted by atomic mass is 35.5. The minimum atomic E-state index is -1.20. The molecule has 4 N–H and O–H groups in total. The first-order valence-electron chi connectivity index (χ1n) is 22.0. The third-order valence-electron chi connectivity index (χ3n) is 12.1. The van der Waals surface area contributed by atoms with Crippen molar-refractivity contribution in [3.05, 3.63) is 94.1 Å². The molecule has 0 aromatic heterocycles. The number of nitrogens with zero attached hydrogens (tertiary/aromatic N) is 2. The number of hydrogen-bond acceptors (Lipinski definition) is 13. The lowest BCUT2D eigenvalue weighted by atomic mass is 9.85. The number of fused-ring (bicyclic) bond motifs is 3. The Hall–Kier alpha value is -5.92. The number of rotatable bonds is 17. The third kappa shape index (κ3) is 14.1. The van der Waals surface area contributed by atoms with Crippen molar-refractivity contribution in [2.75, 3.05) is 52.5 Å². The lowest BCUT2D eigenvalue weighted by molar-refractivity contribution is -0.137. The molecule has 67 heavy (non-hydrogen) atoms. The third-order valence-corrected chi connectivity index (χ3v) is 12.4. The van der Waals surface area contributed by atoms with Crippen LogP contribution in [0.25, 0.3) is 0 Å². The highest BCUT2D eigenvalue weighted by molar-refractivity contribution is 6.35. The normalized spacial score (nSPS) is 25.7. The number of aliphatic hydroxyl groups excluding tert-OH is 1. The van der Waals surface area contributed by atoms with Crippen molar-refractivity contribution in [1.82, 2.24) is 20.9 Å². The molecule has 3 aliphatic heterocycles. The fourth-order valence-electron chi connectivity index (χ4n) is 7.93. The van der Waals surface area contributed by atoms with E-state index >= 15 is 0 Å². The quantitative estimate of drug-likeness (QED) is 0.0588. The summed E-state index contributed by atoms with van der Waals surface area (Å²) >= 11 is 6.79. The summed E-state index contributed by atoms with van der Waals surface area (Å²) in [7, 11) is 4.58. The number of carbonyl (C=O) groups is 7. The fourth-order valence-corrected chi connectivity index (χ4v) is 8.24. The molecule has 2 aromatic carbocycles. The van der Waals surface area contributed by atoms with Crippen LogP contribution in [0.2, 0.25) is 5.02 Å². The molecule has 0 radical (unpaired) electrons. The number of benzene rings is 2. The molecule has 3 heterocycles. The van der Waals surface area contributed by atoms with E-state index in [9.17, 15) is 38.7 Å². The van der Waals surface area contributed by atoms with Gasteiger partial charge in [-0.25, -0.2) is 4.79 Å². The number of ether oxygens (including phenoxy) is 5. The summed E-state index contributed by atoms with van der Waals surface area (Å²) in [6.45, 7) is 6.04. The number of methoxy groups -OCH3 is 2. The molecule has 362 valence electrons. The van der Waals surface area contributed by atoms with Gasteiger partial charge in [-0.2, -0.15) is 0 Å². The molecule has 0 spiro atoms. The smallest absolute Gasteiger partial charge is 0.338 e. The number of hydrogen-bond donors (Lipinski definition) is 4. The van der Waals surface area contributed by atoms with Gasteiger partial charge in [0, 0.05) is 64.7 Å². The van der Waals surface area contributed by atoms with Gasteiger partial charge in [-0.15, -0.1) is 0 Å². The number of allylic oxidation sites excluding steroid dienone is 3. The van der Waals surface area contributed by atoms with Crippen LogP contribution in [0.3, 0.4) is 0 Å². The van der Waals surface area contributed by atoms with Gasteiger partial charge in [0.15, 0.2) is 0 Å². The van der Waals surface area contributed by atoms with Crippen LogP contribution < -0.4 is 25.6 Å². The predicted octanol–water partition coefficient (Wildman–Crippen LogP) is 3.11. The van der Waals surface area contributed by atoms with E-state index in [1.807, 2.05) is 19.1 Å². The summed E-state index contributed by atoms with van der Waals surface area (Å²) in [4.78, 5) is 89.9. The number of halogens is 1. The zero-order valence-electron chi connectivity index (χ0n) is 38.6. The van der Waals surface area contributed by atoms with Gasteiger partial charge in [-0.3, -0.25) is 33.7 Å². The summed E-state index contributed by atoms with van der Waals surface area (Å²) in [5.74, 6) is -2.87. The van der Waals surface area contributed by atoms with Crippen LogP contribution >= 0.6 is 11.6 Å². The topological polar surface area (TPSA) is 232 Å². The van der Waals surface area contributed by atoms with Gasteiger partial charge in [-0.05, 0) is 62.1 Å². The van der Waals surface area contributed by atoms with Crippen LogP contribution in [-0.4, -0.2) is 136 Å². The Morgan fingerprint density at radius 3 is 2.39 bits per heavy atom. The summed E-state index contributed by atoms with van der Waals surface area (Å²) in [5, 5.41) is 19.9. The van der Waals surface area contributed by atoms with Crippen molar-refractivity contribution < 1.29 is 62.4 Å². The van der Waals surface area contributed by atoms with E-state index in [1.165, 1.54) is 19.1 Å². The van der Waals surface area contributed by atoms with Gasteiger partial charge in [0.25, 0.3) is 11.8 Å². The molecule has 1 saturated heterocycles. The van der Waals surface area contributed by atoms with Gasteiger partial charge in [0.2, 0.25) is 24.1 Å². The van der Waals surface area contributed by atoms with Crippen molar-refractivity contribution in [1.29, 1.82) is 0 Å². The Morgan fingerprint density at radius 1 is 1.01 bits per heavy atom. The molecule has 0 saturated carbocycles. The highest BCUT2D eigenvalue weighted by Gasteiger charge is 2.63. The maximum atomic E-state index is 14.2. The molecular formula is C48H60ClN5O13. The van der Waals surface area contributed by atoms with E-state index in [2.05, 4.69) is 16.0 Å². The minimum Gasteiger partial charge on any atom is -0.495 e. The maximum absolute atomic E-state index is 14.2. The molecule has 7 atom stereocenters. The van der Waals surface area contributed by atoms with E-state index in [0.29, 0.717) is 29.8 Å². The molecule has 6 amide bonds. The van der Waals surface area contributed by atoms with Crippen LogP contribution in [0.4, 0.5) is 5.69 Å². The van der Waals surface area contributed by atoms with Crippen LogP contribution in [0.5, 0.6) is 5.75 Å². The molecule has 3 aliphatic rings. The minimum absolute atomic E-state index is 0.0194. The molecular weight excluding hydrogens is 890 g/mol. The number of amides is 6. The highest BCUT2D eigenvalue weighted by Crippen LogP contribution is 2.48. The molecule has 4 unspecified atom stereocenters. The Morgan fingerprint density at radius 2 is 1.72 bits per heavy atom. The molecule has 2 aromatic rings. The zero-order valence-corrected chi connectivity index (χ0v) is 39.3. The van der Waals surface area contributed by atoms with Gasteiger partial charge in [0.05, 0.1) is 62.3 Å². The summed E-state index contributed by atoms with van der Waals surface area (Å²) in [6.07, 6.45) is 5.33. The van der Waals surface area contributed by atoms with Crippen molar-refractivity contribution in [2.45, 2.75) is 95.5 Å². The van der Waals surface area contributed by atoms with Crippen molar-refractivity contribution in [2.24, 2.45) is 5.92 Å². The largest absolute Gasteiger partial charge is 0.495 e. The molecule has 19 heteroatoms. The van der Waals surface area contributed by atoms with E-state index in [1.54, 1.807) is 63.4 Å². The molecule has 5 rings (SSSR count). The SMILES string of the molecule is COc1cc2cc(c1Cl)N(C)C(=O)CC(OC(=O)c1ccc(CNC(=O)CCOCCNC(=O)CCN3C(=O)C=CC3=O)cc1)[C@]1(C)O[C@H]1[C@H](C)C(O)CC(NC=O)C(OC)/C=C/C=C(\C)C2. The van der Waals surface area contributed by atoms with Crippen LogP contribution in [0, 0.1) is 5.92 Å². The number of carbonyl (C=O) groups excluding carboxylic acids is 7. The fraction of sp³-hybridized carbons (Fsp3) is 0.479. The van der Waals surface area contributed by atoms with E-state index in [-0.39, 0.29) is 80.9 Å². The first kappa shape index (κ1) is 52.1. The number of aliphatic hydroxyl groups is 1. The Balaban J connectivity index is 1.22. The Bertz CT molecular complexity index is 2210. The maximum Gasteiger partial charge on any atom is 0.338 e. The summed E-state index contributed by atoms with van der Waals surface area (Å²) in [6, 6.07) is 9.41. The Kier molecular flexibility index (Phi) is 18.8. The van der Waals surface area contributed by atoms with Gasteiger partial charge in [-0.1, -0.05) is 54.5 Å². The first-order valence-corrected chi connectivity index (χ1v) is 22.4. The number of epoxide rings is 1. The molecule has 0 aliphatic carbocycles. The molecule has 18 nitrogen and oxygen atoms in total. The molecule has 2 bridgehead atoms. The van der Waals surface area contributed by atoms with Crippen LogP contribution in [0.1, 0.15) is 67.9 Å². The van der Waals surface area contributed by atoms with Crippen LogP contribution in [0.15, 0.2) is 72.4 Å². The lowest BCUT2D eigenvalue weighted by Gasteiger charge is -2.29. The zero-order chi connectivity index (χ0) is 48.8. The molecule has 1 fully saturated rings. The van der Waals surface area contributed by atoms with Crippen molar-refractivity contribution in [3.63, 3.8) is 0 Å². The van der Waals surface area contributed by atoms with Gasteiger partial charge in [0.1, 0.15) is 22.5 Å². The van der Waals surface area contributed by atoms with Crippen molar-refractivity contribution in [3.8, 4) is 5.75 Å². The van der Waals surface area contributed by atoms with Gasteiger partial charge < -0.3 is 49.6 Å². The average molecular weight is 950 g/mol. The van der Waals surface area contributed by atoms with Crippen molar-refractivity contribution >= 4 is 59.2 Å². The average Bonchev–Trinajstić information content (AvgIpc) is 3.90. The number of esters is 1. The monoisotopic (exact) mass is 949 g/mol. The summed E-state index contributed by atoms with van der Waals surface area (Å²) < 4.78 is 29.1. The Labute approximate surface area is 395 Å². The second kappa shape index (κ2) is 24.2. The van der Waals surface area contributed by atoms with Crippen LogP contribution in [-0.2, 0) is 60.7 Å². The second-order valence-corrected chi connectivity index (χ2v) is 17.2. The standard InChI is InChI=1S/C48H60ClN5O13/c1-29-8-7-9-37(63-5)34(52-28-55)25-36(56)30(2)46-48(3,67-46)39(26-44(61)53(4)35-23-32(22-29)24-38(64-6)45(35)49)66-47(62)33-12-10-31(11-13-33)27-51-41(58)17-20-65-21-18-50-40(57)16-19-54-42(59)14-15-43(54)60/h7-15,23-24,28,30,34,36-37,39,46,56H,16-22,25-27H2,1-6H3,(H,50,57)(H,51,58)(H,52,55)/b9-7+,29-8+/t30-,34?,36?,37?,39?,46+,48+/m1/s1. The van der Waals surface area contributed by atoms with E-state index in [4.69, 9.17) is 35.3 Å². The number of anilines is 1. The van der Waals surface area contributed by atoms with E-state index < -0.39 is 65.7 Å². The van der Waals surface area contributed by atoms with E-state index in [0.717, 1.165) is 28.2 Å². The van der Waals surface area contributed by atoms with Gasteiger partial charge >= 0.3 is 5.97 Å². The second-order valence-electron chi connectivity index (χ2n) is 16.8. The number of imide groups is 1. The summed E-state index contributed by atoms with van der Waals surface area (Å²) in [5.41, 5.74) is 1.83.